The summed E-state index contributed by atoms with van der Waals surface area (Å²) < 4.78 is 13.4. The summed E-state index contributed by atoms with van der Waals surface area (Å²) in [4.78, 5) is 13.8. The number of amides is 1. The lowest BCUT2D eigenvalue weighted by Crippen LogP contribution is -2.40. The number of nitrogens with zero attached hydrogens (tertiary/aromatic N) is 1. The molecule has 1 fully saturated rings. The van der Waals surface area contributed by atoms with Crippen LogP contribution in [0.3, 0.4) is 0 Å². The Morgan fingerprint density at radius 1 is 1.44 bits per heavy atom. The van der Waals surface area contributed by atoms with E-state index in [-0.39, 0.29) is 36.6 Å². The maximum Gasteiger partial charge on any atom is 0.227 e. The van der Waals surface area contributed by atoms with Gasteiger partial charge < -0.3 is 10.6 Å². The van der Waals surface area contributed by atoms with Gasteiger partial charge in [0.1, 0.15) is 5.82 Å². The summed E-state index contributed by atoms with van der Waals surface area (Å²) in [6.45, 7) is 1.23. The van der Waals surface area contributed by atoms with Crippen LogP contribution < -0.4 is 5.73 Å². The van der Waals surface area contributed by atoms with Crippen LogP contribution in [-0.2, 0) is 11.2 Å². The number of halogens is 2. The van der Waals surface area contributed by atoms with E-state index >= 15 is 0 Å². The Kier molecular flexibility index (Phi) is 5.56. The predicted molar refractivity (Wildman–Crippen MR) is 71.1 cm³/mol. The number of hydrogen-bond acceptors (Lipinski definition) is 2. The zero-order valence-corrected chi connectivity index (χ0v) is 11.0. The number of likely N-dealkylation sites (tertiary alicyclic amines) is 1. The first kappa shape index (κ1) is 14.9. The van der Waals surface area contributed by atoms with Gasteiger partial charge >= 0.3 is 0 Å². The smallest absolute Gasteiger partial charge is 0.227 e. The molecule has 0 spiro atoms. The molecule has 1 heterocycles. The van der Waals surface area contributed by atoms with Crippen molar-refractivity contribution in [3.8, 4) is 0 Å². The first-order chi connectivity index (χ1) is 8.22. The van der Waals surface area contributed by atoms with E-state index in [2.05, 4.69) is 0 Å². The molecule has 1 amide bonds. The molecule has 2 rings (SSSR count). The Bertz CT molecular complexity index is 414. The molecule has 5 heteroatoms. The molecule has 0 radical (unpaired) electrons. The number of hydrogen-bond donors (Lipinski definition) is 1. The van der Waals surface area contributed by atoms with Crippen molar-refractivity contribution in [2.75, 3.05) is 13.1 Å². The van der Waals surface area contributed by atoms with Crippen LogP contribution in [-0.4, -0.2) is 29.9 Å². The van der Waals surface area contributed by atoms with E-state index < -0.39 is 0 Å². The van der Waals surface area contributed by atoms with Gasteiger partial charge in [-0.3, -0.25) is 4.79 Å². The average molecular weight is 273 g/mol. The van der Waals surface area contributed by atoms with Crippen molar-refractivity contribution < 1.29 is 9.18 Å². The third kappa shape index (κ3) is 3.21. The number of nitrogens with two attached hydrogens (primary N) is 1. The van der Waals surface area contributed by atoms with Crippen LogP contribution in [0.4, 0.5) is 4.39 Å². The van der Waals surface area contributed by atoms with Crippen LogP contribution in [0.25, 0.3) is 0 Å². The summed E-state index contributed by atoms with van der Waals surface area (Å²) in [6.07, 6.45) is 2.08. The van der Waals surface area contributed by atoms with Crippen LogP contribution in [0, 0.1) is 5.82 Å². The second kappa shape index (κ2) is 6.71. The van der Waals surface area contributed by atoms with E-state index in [9.17, 15) is 9.18 Å². The molecule has 1 atom stereocenters. The molecule has 1 saturated heterocycles. The second-order valence-electron chi connectivity index (χ2n) is 4.39. The van der Waals surface area contributed by atoms with Gasteiger partial charge in [-0.25, -0.2) is 4.39 Å². The van der Waals surface area contributed by atoms with Crippen molar-refractivity contribution in [1.29, 1.82) is 0 Å². The van der Waals surface area contributed by atoms with Crippen molar-refractivity contribution in [3.63, 3.8) is 0 Å². The largest absolute Gasteiger partial charge is 0.338 e. The summed E-state index contributed by atoms with van der Waals surface area (Å²) in [5.41, 5.74) is 6.08. The van der Waals surface area contributed by atoms with Gasteiger partial charge in [0, 0.05) is 19.1 Å². The van der Waals surface area contributed by atoms with E-state index in [1.165, 1.54) is 6.07 Å². The molecule has 1 unspecified atom stereocenters. The van der Waals surface area contributed by atoms with Crippen LogP contribution in [0.15, 0.2) is 24.3 Å². The molecule has 1 aliphatic heterocycles. The highest BCUT2D eigenvalue weighted by Crippen LogP contribution is 2.18. The normalized spacial score (nSPS) is 18.6. The van der Waals surface area contributed by atoms with Crippen LogP contribution in [0.5, 0.6) is 0 Å². The van der Waals surface area contributed by atoms with Gasteiger partial charge in [-0.15, -0.1) is 12.4 Å². The third-order valence-electron chi connectivity index (χ3n) is 3.27. The molecule has 0 aliphatic carbocycles. The number of carbonyl (C=O) groups excluding carboxylic acids is 1. The second-order valence-corrected chi connectivity index (χ2v) is 4.39. The molecule has 3 nitrogen and oxygen atoms in total. The summed E-state index contributed by atoms with van der Waals surface area (Å²) >= 11 is 0. The van der Waals surface area contributed by atoms with Crippen molar-refractivity contribution in [2.24, 2.45) is 5.73 Å². The first-order valence-corrected chi connectivity index (χ1v) is 5.95. The quantitative estimate of drug-likeness (QED) is 0.911. The highest BCUT2D eigenvalue weighted by Gasteiger charge is 2.27. The molecule has 1 aliphatic rings. The number of rotatable bonds is 3. The van der Waals surface area contributed by atoms with Gasteiger partial charge in [-0.2, -0.15) is 0 Å². The minimum absolute atomic E-state index is 0. The molecule has 2 N–H and O–H groups in total. The zero-order chi connectivity index (χ0) is 12.3. The standard InChI is InChI=1S/C13H17FN2O.ClH/c14-12-6-2-1-4-10(12)8-13(17)16-7-3-5-11(16)9-15;/h1-2,4,6,11H,3,5,7-9,15H2;1H. The number of carbonyl (C=O) groups is 1. The van der Waals surface area contributed by atoms with Crippen molar-refractivity contribution in [2.45, 2.75) is 25.3 Å². The molecular formula is C13H18ClFN2O. The summed E-state index contributed by atoms with van der Waals surface area (Å²) in [6, 6.07) is 6.54. The van der Waals surface area contributed by atoms with Gasteiger partial charge in [0.25, 0.3) is 0 Å². The van der Waals surface area contributed by atoms with Crippen molar-refractivity contribution in [1.82, 2.24) is 4.90 Å². The van der Waals surface area contributed by atoms with E-state index in [4.69, 9.17) is 5.73 Å². The molecule has 18 heavy (non-hydrogen) atoms. The molecule has 0 bridgehead atoms. The summed E-state index contributed by atoms with van der Waals surface area (Å²) in [7, 11) is 0. The Morgan fingerprint density at radius 3 is 2.83 bits per heavy atom. The predicted octanol–water partition coefficient (Wildman–Crippen LogP) is 1.74. The molecular weight excluding hydrogens is 255 g/mol. The van der Waals surface area contributed by atoms with Crippen LogP contribution in [0.2, 0.25) is 0 Å². The average Bonchev–Trinajstić information content (AvgIpc) is 2.80. The highest BCUT2D eigenvalue weighted by molar-refractivity contribution is 5.85. The van der Waals surface area contributed by atoms with E-state index in [1.807, 2.05) is 0 Å². The lowest BCUT2D eigenvalue weighted by atomic mass is 10.1. The molecule has 1 aromatic carbocycles. The first-order valence-electron chi connectivity index (χ1n) is 5.95. The number of benzene rings is 1. The van der Waals surface area contributed by atoms with Gasteiger partial charge in [0.2, 0.25) is 5.91 Å². The maximum absolute atomic E-state index is 13.4. The van der Waals surface area contributed by atoms with Crippen LogP contribution >= 0.6 is 12.4 Å². The Labute approximate surface area is 113 Å². The summed E-state index contributed by atoms with van der Waals surface area (Å²) in [5.74, 6) is -0.340. The van der Waals surface area contributed by atoms with Crippen LogP contribution in [0.1, 0.15) is 18.4 Å². The fraction of sp³-hybridized carbons (Fsp3) is 0.462. The Balaban J connectivity index is 0.00000162. The fourth-order valence-corrected chi connectivity index (χ4v) is 2.32. The zero-order valence-electron chi connectivity index (χ0n) is 10.1. The molecule has 100 valence electrons. The molecule has 1 aromatic rings. The van der Waals surface area contributed by atoms with Gasteiger partial charge in [0.15, 0.2) is 0 Å². The van der Waals surface area contributed by atoms with E-state index in [0.717, 1.165) is 19.4 Å². The van der Waals surface area contributed by atoms with E-state index in [1.54, 1.807) is 23.1 Å². The maximum atomic E-state index is 13.4. The van der Waals surface area contributed by atoms with Gasteiger partial charge in [-0.1, -0.05) is 18.2 Å². The van der Waals surface area contributed by atoms with Crippen molar-refractivity contribution in [3.05, 3.63) is 35.6 Å². The Morgan fingerprint density at radius 2 is 2.17 bits per heavy atom. The third-order valence-corrected chi connectivity index (χ3v) is 3.27. The minimum atomic E-state index is -0.315. The molecule has 0 aromatic heterocycles. The fourth-order valence-electron chi connectivity index (χ4n) is 2.32. The van der Waals surface area contributed by atoms with Crippen molar-refractivity contribution >= 4 is 18.3 Å². The monoisotopic (exact) mass is 272 g/mol. The summed E-state index contributed by atoms with van der Waals surface area (Å²) in [5, 5.41) is 0. The van der Waals surface area contributed by atoms with Gasteiger partial charge in [0.05, 0.1) is 6.42 Å². The Hall–Kier alpha value is -1.13. The lowest BCUT2D eigenvalue weighted by molar-refractivity contribution is -0.131. The highest BCUT2D eigenvalue weighted by atomic mass is 35.5. The molecule has 0 saturated carbocycles. The van der Waals surface area contributed by atoms with E-state index in [0.29, 0.717) is 12.1 Å². The van der Waals surface area contributed by atoms with Gasteiger partial charge in [-0.05, 0) is 24.5 Å². The topological polar surface area (TPSA) is 46.3 Å². The lowest BCUT2D eigenvalue weighted by Gasteiger charge is -2.23. The minimum Gasteiger partial charge on any atom is -0.338 e. The SMILES string of the molecule is Cl.NCC1CCCN1C(=O)Cc1ccccc1F.